The van der Waals surface area contributed by atoms with Gasteiger partial charge in [-0.05, 0) is 68.7 Å². The molecule has 0 spiro atoms. The maximum atomic E-state index is 12.7. The zero-order valence-electron chi connectivity index (χ0n) is 18.5. The fourth-order valence-corrected chi connectivity index (χ4v) is 3.70. The summed E-state index contributed by atoms with van der Waals surface area (Å²) in [4.78, 5) is 28.8. The zero-order chi connectivity index (χ0) is 22.5. The largest absolute Gasteiger partial charge is 0.483 e. The number of rotatable bonds is 6. The number of piperazine rings is 1. The highest BCUT2D eigenvalue weighted by molar-refractivity contribution is 6.30. The van der Waals surface area contributed by atoms with Gasteiger partial charge in [0.15, 0.2) is 12.7 Å². The zero-order valence-corrected chi connectivity index (χ0v) is 19.2. The predicted molar refractivity (Wildman–Crippen MR) is 121 cm³/mol. The van der Waals surface area contributed by atoms with Gasteiger partial charge in [0.1, 0.15) is 11.5 Å². The van der Waals surface area contributed by atoms with Gasteiger partial charge in [0.25, 0.3) is 11.8 Å². The van der Waals surface area contributed by atoms with Crippen molar-refractivity contribution in [2.24, 2.45) is 0 Å². The van der Waals surface area contributed by atoms with E-state index < -0.39 is 6.10 Å². The number of halogens is 1. The first-order valence-electron chi connectivity index (χ1n) is 10.4. The Kier molecular flexibility index (Phi) is 7.44. The molecule has 0 N–H and O–H groups in total. The van der Waals surface area contributed by atoms with Crippen molar-refractivity contribution in [3.63, 3.8) is 0 Å². The van der Waals surface area contributed by atoms with Gasteiger partial charge in [-0.2, -0.15) is 0 Å². The molecular formula is C24H29ClN2O4. The maximum Gasteiger partial charge on any atom is 0.263 e. The lowest BCUT2D eigenvalue weighted by atomic mass is 10.1. The van der Waals surface area contributed by atoms with E-state index in [4.69, 9.17) is 21.1 Å². The number of amides is 2. The van der Waals surface area contributed by atoms with Crippen molar-refractivity contribution in [1.82, 2.24) is 9.80 Å². The lowest BCUT2D eigenvalue weighted by molar-refractivity contribution is -0.144. The summed E-state index contributed by atoms with van der Waals surface area (Å²) in [5, 5.41) is 0.615. The van der Waals surface area contributed by atoms with Gasteiger partial charge in [-0.15, -0.1) is 0 Å². The van der Waals surface area contributed by atoms with Crippen molar-refractivity contribution in [1.29, 1.82) is 0 Å². The fraction of sp³-hybridized carbons (Fsp3) is 0.417. The van der Waals surface area contributed by atoms with Crippen LogP contribution in [0.15, 0.2) is 36.4 Å². The van der Waals surface area contributed by atoms with Crippen molar-refractivity contribution in [3.8, 4) is 11.5 Å². The summed E-state index contributed by atoms with van der Waals surface area (Å²) in [5.74, 6) is 1.20. The van der Waals surface area contributed by atoms with Crippen LogP contribution in [0.4, 0.5) is 0 Å². The molecule has 7 heteroatoms. The van der Waals surface area contributed by atoms with Crippen molar-refractivity contribution in [2.75, 3.05) is 32.8 Å². The Balaban J connectivity index is 1.48. The minimum Gasteiger partial charge on any atom is -0.483 e. The molecule has 2 aromatic carbocycles. The molecule has 0 saturated carbocycles. The van der Waals surface area contributed by atoms with E-state index in [2.05, 4.69) is 0 Å². The van der Waals surface area contributed by atoms with Gasteiger partial charge in [-0.3, -0.25) is 9.59 Å². The summed E-state index contributed by atoms with van der Waals surface area (Å²) in [6.07, 6.45) is -0.612. The molecular weight excluding hydrogens is 416 g/mol. The highest BCUT2D eigenvalue weighted by Gasteiger charge is 2.28. The van der Waals surface area contributed by atoms with Crippen LogP contribution in [-0.2, 0) is 9.59 Å². The van der Waals surface area contributed by atoms with Crippen molar-refractivity contribution in [3.05, 3.63) is 58.1 Å². The van der Waals surface area contributed by atoms with Gasteiger partial charge >= 0.3 is 0 Å². The summed E-state index contributed by atoms with van der Waals surface area (Å²) in [6.45, 7) is 9.63. The number of hydrogen-bond acceptors (Lipinski definition) is 4. The second kappa shape index (κ2) is 10.1. The fourth-order valence-electron chi connectivity index (χ4n) is 3.57. The van der Waals surface area contributed by atoms with Gasteiger partial charge in [-0.25, -0.2) is 0 Å². The number of nitrogens with zero attached hydrogens (tertiary/aromatic N) is 2. The highest BCUT2D eigenvalue weighted by Crippen LogP contribution is 2.25. The minimum atomic E-state index is -0.612. The number of ether oxygens (including phenoxy) is 2. The van der Waals surface area contributed by atoms with E-state index in [0.29, 0.717) is 37.0 Å². The van der Waals surface area contributed by atoms with Crippen LogP contribution in [0.25, 0.3) is 0 Å². The van der Waals surface area contributed by atoms with Crippen molar-refractivity contribution in [2.45, 2.75) is 33.8 Å². The number of benzene rings is 2. The van der Waals surface area contributed by atoms with E-state index >= 15 is 0 Å². The van der Waals surface area contributed by atoms with E-state index in [-0.39, 0.29) is 18.4 Å². The number of hydrogen-bond donors (Lipinski definition) is 0. The molecule has 1 fully saturated rings. The minimum absolute atomic E-state index is 0.00480. The predicted octanol–water partition coefficient (Wildman–Crippen LogP) is 3.78. The van der Waals surface area contributed by atoms with E-state index in [1.54, 1.807) is 41.0 Å². The molecule has 1 saturated heterocycles. The van der Waals surface area contributed by atoms with E-state index in [1.165, 1.54) is 0 Å². The molecule has 0 bridgehead atoms. The van der Waals surface area contributed by atoms with Crippen LogP contribution in [-0.4, -0.2) is 60.5 Å². The molecule has 1 aliphatic rings. The number of carbonyl (C=O) groups excluding carboxylic acids is 2. The van der Waals surface area contributed by atoms with E-state index in [9.17, 15) is 9.59 Å². The molecule has 6 nitrogen and oxygen atoms in total. The van der Waals surface area contributed by atoms with Crippen LogP contribution in [0, 0.1) is 20.8 Å². The monoisotopic (exact) mass is 444 g/mol. The van der Waals surface area contributed by atoms with Gasteiger partial charge in [0.2, 0.25) is 0 Å². The molecule has 1 atom stereocenters. The number of aryl methyl sites for hydroxylation is 2. The molecule has 1 unspecified atom stereocenters. The first kappa shape index (κ1) is 22.9. The molecule has 1 aliphatic heterocycles. The quantitative estimate of drug-likeness (QED) is 0.680. The summed E-state index contributed by atoms with van der Waals surface area (Å²) < 4.78 is 11.6. The lowest BCUT2D eigenvalue weighted by Gasteiger charge is -2.35. The number of carbonyl (C=O) groups is 2. The van der Waals surface area contributed by atoms with E-state index in [0.717, 1.165) is 22.4 Å². The lowest BCUT2D eigenvalue weighted by Crippen LogP contribution is -2.54. The van der Waals surface area contributed by atoms with Crippen molar-refractivity contribution >= 4 is 23.4 Å². The smallest absolute Gasteiger partial charge is 0.263 e. The molecule has 1 heterocycles. The second-order valence-electron chi connectivity index (χ2n) is 7.86. The van der Waals surface area contributed by atoms with Gasteiger partial charge < -0.3 is 19.3 Å². The maximum absolute atomic E-state index is 12.7. The summed E-state index contributed by atoms with van der Waals surface area (Å²) >= 11 is 5.88. The molecule has 3 rings (SSSR count). The Morgan fingerprint density at radius 2 is 1.52 bits per heavy atom. The first-order valence-corrected chi connectivity index (χ1v) is 10.8. The molecule has 166 valence electrons. The summed E-state index contributed by atoms with van der Waals surface area (Å²) in [6, 6.07) is 11.0. The van der Waals surface area contributed by atoms with E-state index in [1.807, 2.05) is 32.9 Å². The standard InChI is InChI=1S/C24H29ClN2O4/c1-16-5-6-17(2)23(18(16)3)30-15-22(28)26-11-13-27(14-12-26)24(29)19(4)31-21-9-7-20(25)8-10-21/h5-10,19H,11-15H2,1-4H3. The van der Waals surface area contributed by atoms with Crippen LogP contribution in [0.1, 0.15) is 23.6 Å². The van der Waals surface area contributed by atoms with Gasteiger partial charge in [0.05, 0.1) is 0 Å². The topological polar surface area (TPSA) is 59.1 Å². The Labute approximate surface area is 188 Å². The Hall–Kier alpha value is -2.73. The molecule has 2 aromatic rings. The highest BCUT2D eigenvalue weighted by atomic mass is 35.5. The van der Waals surface area contributed by atoms with Crippen molar-refractivity contribution < 1.29 is 19.1 Å². The normalized spacial score (nSPS) is 14.9. The molecule has 0 aliphatic carbocycles. The van der Waals surface area contributed by atoms with Crippen LogP contribution >= 0.6 is 11.6 Å². The third kappa shape index (κ3) is 5.70. The van der Waals surface area contributed by atoms with Gasteiger partial charge in [-0.1, -0.05) is 23.7 Å². The summed E-state index contributed by atoms with van der Waals surface area (Å²) in [5.41, 5.74) is 3.20. The third-order valence-corrected chi connectivity index (χ3v) is 5.88. The van der Waals surface area contributed by atoms with Crippen LogP contribution in [0.2, 0.25) is 5.02 Å². The Morgan fingerprint density at radius 1 is 0.935 bits per heavy atom. The molecule has 0 radical (unpaired) electrons. The van der Waals surface area contributed by atoms with Crippen LogP contribution in [0.3, 0.4) is 0 Å². The SMILES string of the molecule is Cc1ccc(C)c(OCC(=O)N2CCN(C(=O)C(C)Oc3ccc(Cl)cc3)CC2)c1C. The average Bonchev–Trinajstić information content (AvgIpc) is 2.77. The van der Waals surface area contributed by atoms with Gasteiger partial charge in [0, 0.05) is 31.2 Å². The van der Waals surface area contributed by atoms with Crippen LogP contribution in [0.5, 0.6) is 11.5 Å². The van der Waals surface area contributed by atoms with Crippen LogP contribution < -0.4 is 9.47 Å². The Bertz CT molecular complexity index is 937. The molecule has 2 amide bonds. The second-order valence-corrected chi connectivity index (χ2v) is 8.30. The molecule has 31 heavy (non-hydrogen) atoms. The summed E-state index contributed by atoms with van der Waals surface area (Å²) in [7, 11) is 0. The first-order chi connectivity index (χ1) is 14.8. The third-order valence-electron chi connectivity index (χ3n) is 5.63. The molecule has 0 aromatic heterocycles. The average molecular weight is 445 g/mol. The Morgan fingerprint density at radius 3 is 2.16 bits per heavy atom.